The zero-order valence-electron chi connectivity index (χ0n) is 10.2. The van der Waals surface area contributed by atoms with Gasteiger partial charge in [-0.25, -0.2) is 0 Å². The summed E-state index contributed by atoms with van der Waals surface area (Å²) in [7, 11) is 0. The van der Waals surface area contributed by atoms with Gasteiger partial charge in [0.25, 0.3) is 0 Å². The van der Waals surface area contributed by atoms with Gasteiger partial charge in [-0.1, -0.05) is 6.58 Å². The molecule has 4 heteroatoms. The molecule has 0 spiro atoms. The van der Waals surface area contributed by atoms with Crippen LogP contribution in [0.5, 0.6) is 0 Å². The molecule has 0 N–H and O–H groups in total. The zero-order valence-corrected chi connectivity index (χ0v) is 10.2. The van der Waals surface area contributed by atoms with E-state index in [0.29, 0.717) is 11.8 Å². The van der Waals surface area contributed by atoms with Crippen molar-refractivity contribution >= 4 is 5.78 Å². The Balaban J connectivity index is 1.81. The standard InChI is InChI=1S/C14H17F3O/c1-7(14(15,16)17)13(18)12-10-3-8-2-9(5-10)6-11(12)4-8/h8-12H,1-6H2. The fourth-order valence-corrected chi connectivity index (χ4v) is 4.69. The lowest BCUT2D eigenvalue weighted by Gasteiger charge is -2.53. The smallest absolute Gasteiger partial charge is 0.294 e. The number of halogens is 3. The highest BCUT2D eigenvalue weighted by Crippen LogP contribution is 2.57. The Morgan fingerprint density at radius 3 is 1.78 bits per heavy atom. The summed E-state index contributed by atoms with van der Waals surface area (Å²) in [6.07, 6.45) is 0.478. The summed E-state index contributed by atoms with van der Waals surface area (Å²) in [5, 5.41) is 0. The summed E-state index contributed by atoms with van der Waals surface area (Å²) in [6, 6.07) is 0. The summed E-state index contributed by atoms with van der Waals surface area (Å²) < 4.78 is 37.8. The van der Waals surface area contributed by atoms with E-state index in [1.807, 2.05) is 0 Å². The minimum absolute atomic E-state index is 0.188. The highest BCUT2D eigenvalue weighted by Gasteiger charge is 2.53. The fourth-order valence-electron chi connectivity index (χ4n) is 4.69. The van der Waals surface area contributed by atoms with E-state index in [9.17, 15) is 18.0 Å². The van der Waals surface area contributed by atoms with Crippen LogP contribution in [-0.4, -0.2) is 12.0 Å². The predicted octanol–water partition coefficient (Wildman–Crippen LogP) is 3.75. The lowest BCUT2D eigenvalue weighted by Crippen LogP contribution is -2.49. The molecule has 100 valence electrons. The first kappa shape index (κ1) is 12.2. The second-order valence-electron chi connectivity index (χ2n) is 6.30. The maximum atomic E-state index is 12.6. The van der Waals surface area contributed by atoms with Crippen LogP contribution in [0.4, 0.5) is 13.2 Å². The van der Waals surface area contributed by atoms with Gasteiger partial charge in [0, 0.05) is 5.92 Å². The molecule has 18 heavy (non-hydrogen) atoms. The topological polar surface area (TPSA) is 17.1 Å². The molecule has 4 rings (SSSR count). The van der Waals surface area contributed by atoms with Crippen LogP contribution in [-0.2, 0) is 4.79 Å². The average Bonchev–Trinajstić information content (AvgIpc) is 2.24. The zero-order chi connectivity index (χ0) is 13.1. The second-order valence-corrected chi connectivity index (χ2v) is 6.30. The molecule has 4 fully saturated rings. The van der Waals surface area contributed by atoms with Crippen molar-refractivity contribution in [2.24, 2.45) is 29.6 Å². The summed E-state index contributed by atoms with van der Waals surface area (Å²) in [4.78, 5) is 12.1. The number of carbonyl (C=O) groups is 1. The molecular weight excluding hydrogens is 241 g/mol. The first-order valence-electron chi connectivity index (χ1n) is 6.66. The van der Waals surface area contributed by atoms with Crippen molar-refractivity contribution in [2.75, 3.05) is 0 Å². The Labute approximate surface area is 104 Å². The third-order valence-electron chi connectivity index (χ3n) is 5.17. The van der Waals surface area contributed by atoms with E-state index in [1.54, 1.807) is 0 Å². The Kier molecular flexibility index (Phi) is 2.62. The van der Waals surface area contributed by atoms with Crippen LogP contribution in [0, 0.1) is 29.6 Å². The number of rotatable bonds is 2. The van der Waals surface area contributed by atoms with Gasteiger partial charge < -0.3 is 0 Å². The van der Waals surface area contributed by atoms with E-state index in [-0.39, 0.29) is 11.8 Å². The summed E-state index contributed by atoms with van der Waals surface area (Å²) in [6.45, 7) is 2.98. The number of allylic oxidation sites excluding steroid dienone is 1. The molecule has 4 aliphatic carbocycles. The molecule has 4 bridgehead atoms. The van der Waals surface area contributed by atoms with Crippen LogP contribution in [0.2, 0.25) is 0 Å². The van der Waals surface area contributed by atoms with Gasteiger partial charge in [0.15, 0.2) is 5.78 Å². The molecule has 1 nitrogen and oxygen atoms in total. The molecule has 0 unspecified atom stereocenters. The molecule has 0 aromatic heterocycles. The predicted molar refractivity (Wildman–Crippen MR) is 60.7 cm³/mol. The maximum Gasteiger partial charge on any atom is 0.419 e. The maximum absolute atomic E-state index is 12.6. The highest BCUT2D eigenvalue weighted by molar-refractivity contribution is 5.98. The van der Waals surface area contributed by atoms with Gasteiger partial charge in [0.2, 0.25) is 0 Å². The number of hydrogen-bond donors (Lipinski definition) is 0. The van der Waals surface area contributed by atoms with Crippen molar-refractivity contribution in [2.45, 2.75) is 38.3 Å². The van der Waals surface area contributed by atoms with E-state index >= 15 is 0 Å². The average molecular weight is 258 g/mol. The van der Waals surface area contributed by atoms with Crippen LogP contribution in [0.15, 0.2) is 12.2 Å². The van der Waals surface area contributed by atoms with Crippen molar-refractivity contribution in [3.8, 4) is 0 Å². The number of alkyl halides is 3. The van der Waals surface area contributed by atoms with Crippen molar-refractivity contribution in [3.63, 3.8) is 0 Å². The molecule has 0 aromatic rings. The molecule has 0 amide bonds. The van der Waals surface area contributed by atoms with Gasteiger partial charge >= 0.3 is 6.18 Å². The molecule has 0 heterocycles. The molecule has 0 radical (unpaired) electrons. The van der Waals surface area contributed by atoms with Crippen molar-refractivity contribution in [3.05, 3.63) is 12.2 Å². The van der Waals surface area contributed by atoms with Gasteiger partial charge in [0.1, 0.15) is 0 Å². The molecule has 0 aromatic carbocycles. The quantitative estimate of drug-likeness (QED) is 0.689. The van der Waals surface area contributed by atoms with E-state index in [1.165, 1.54) is 6.42 Å². The second kappa shape index (κ2) is 3.84. The van der Waals surface area contributed by atoms with Gasteiger partial charge in [-0.3, -0.25) is 4.79 Å². The van der Waals surface area contributed by atoms with Crippen LogP contribution in [0.1, 0.15) is 32.1 Å². The number of carbonyl (C=O) groups excluding carboxylic acids is 1. The highest BCUT2D eigenvalue weighted by atomic mass is 19.4. The van der Waals surface area contributed by atoms with Gasteiger partial charge in [-0.15, -0.1) is 0 Å². The summed E-state index contributed by atoms with van der Waals surface area (Å²) >= 11 is 0. The number of ketones is 1. The Hall–Kier alpha value is -0.800. The van der Waals surface area contributed by atoms with Crippen molar-refractivity contribution in [1.29, 1.82) is 0 Å². The minimum Gasteiger partial charge on any atom is -0.294 e. The van der Waals surface area contributed by atoms with E-state index in [0.717, 1.165) is 25.7 Å². The van der Waals surface area contributed by atoms with Crippen LogP contribution < -0.4 is 0 Å². The van der Waals surface area contributed by atoms with Crippen molar-refractivity contribution in [1.82, 2.24) is 0 Å². The van der Waals surface area contributed by atoms with Crippen LogP contribution in [0.25, 0.3) is 0 Å². The number of Topliss-reactive ketones (excluding diaryl/α,β-unsaturated/α-hetero) is 1. The monoisotopic (exact) mass is 258 g/mol. The van der Waals surface area contributed by atoms with E-state index in [4.69, 9.17) is 0 Å². The lowest BCUT2D eigenvalue weighted by molar-refractivity contribution is -0.143. The Bertz CT molecular complexity index is 368. The first-order valence-corrected chi connectivity index (χ1v) is 6.66. The van der Waals surface area contributed by atoms with Gasteiger partial charge in [0.05, 0.1) is 5.57 Å². The molecule has 0 aliphatic heterocycles. The Morgan fingerprint density at radius 2 is 1.39 bits per heavy atom. The normalized spacial score (nSPS) is 42.1. The molecule has 4 saturated carbocycles. The molecular formula is C14H17F3O. The van der Waals surface area contributed by atoms with Gasteiger partial charge in [-0.05, 0) is 55.8 Å². The first-order chi connectivity index (χ1) is 8.36. The molecule has 0 saturated heterocycles. The fraction of sp³-hybridized carbons (Fsp3) is 0.786. The number of hydrogen-bond acceptors (Lipinski definition) is 1. The van der Waals surface area contributed by atoms with Crippen molar-refractivity contribution < 1.29 is 18.0 Å². The largest absolute Gasteiger partial charge is 0.419 e. The minimum atomic E-state index is -4.56. The third-order valence-corrected chi connectivity index (χ3v) is 5.17. The van der Waals surface area contributed by atoms with Crippen LogP contribution >= 0.6 is 0 Å². The SMILES string of the molecule is C=C(C(=O)C1C2CC3CC(C2)CC1C3)C(F)(F)F. The summed E-state index contributed by atoms with van der Waals surface area (Å²) in [5.74, 6) is 0.579. The lowest BCUT2D eigenvalue weighted by atomic mass is 9.51. The van der Waals surface area contributed by atoms with Crippen LogP contribution in [0.3, 0.4) is 0 Å². The van der Waals surface area contributed by atoms with E-state index in [2.05, 4.69) is 6.58 Å². The summed E-state index contributed by atoms with van der Waals surface area (Å²) in [5.41, 5.74) is -1.14. The van der Waals surface area contributed by atoms with E-state index < -0.39 is 23.5 Å². The Morgan fingerprint density at radius 1 is 0.944 bits per heavy atom. The van der Waals surface area contributed by atoms with Gasteiger partial charge in [-0.2, -0.15) is 13.2 Å². The molecule has 0 atom stereocenters. The molecule has 4 aliphatic rings. The third kappa shape index (κ3) is 1.81.